The van der Waals surface area contributed by atoms with E-state index in [1.54, 1.807) is 0 Å². The number of hydrogen-bond acceptors (Lipinski definition) is 30. The first-order valence-corrected chi connectivity index (χ1v) is 21.4. The van der Waals surface area contributed by atoms with Gasteiger partial charge in [-0.3, -0.25) is 0 Å². The largest absolute Gasteiger partial charge is 0.504 e. The second kappa shape index (κ2) is 19.9. The van der Waals surface area contributed by atoms with Crippen LogP contribution in [0.1, 0.15) is 62.1 Å². The number of phenols is 17. The van der Waals surface area contributed by atoms with Crippen LogP contribution >= 0.6 is 0 Å². The number of fused-ring (bicyclic) bond motifs is 4. The van der Waals surface area contributed by atoms with E-state index in [9.17, 15) is 116 Å². The lowest BCUT2D eigenvalue weighted by Crippen LogP contribution is -2.63. The summed E-state index contributed by atoms with van der Waals surface area (Å²) in [5.74, 6) is -32.2. The molecule has 2 aliphatic heterocycles. The summed E-state index contributed by atoms with van der Waals surface area (Å²) in [4.78, 5) is 83.8. The summed E-state index contributed by atoms with van der Waals surface area (Å²) in [5, 5.41) is 177. The van der Waals surface area contributed by atoms with E-state index >= 15 is 0 Å². The minimum Gasteiger partial charge on any atom is -0.504 e. The van der Waals surface area contributed by atoms with E-state index in [0.29, 0.717) is 60.7 Å². The predicted molar refractivity (Wildman–Crippen MR) is 243 cm³/mol. The molecule has 0 radical (unpaired) electrons. The van der Waals surface area contributed by atoms with Crippen LogP contribution in [0.2, 0.25) is 0 Å². The monoisotopic (exact) mass is 1090 g/mol. The van der Waals surface area contributed by atoms with E-state index in [1.807, 2.05) is 0 Å². The van der Waals surface area contributed by atoms with Gasteiger partial charge in [0.25, 0.3) is 0 Å². The van der Waals surface area contributed by atoms with Crippen LogP contribution in [0.25, 0.3) is 11.1 Å². The van der Waals surface area contributed by atoms with E-state index in [4.69, 9.17) is 33.2 Å². The third kappa shape index (κ3) is 9.56. The van der Waals surface area contributed by atoms with Crippen LogP contribution in [-0.4, -0.2) is 160 Å². The van der Waals surface area contributed by atoms with Gasteiger partial charge in [-0.05, 0) is 60.7 Å². The summed E-state index contributed by atoms with van der Waals surface area (Å²) < 4.78 is 38.7. The Hall–Kier alpha value is -11.3. The van der Waals surface area contributed by atoms with Gasteiger partial charge < -0.3 is 120 Å². The molecule has 0 unspecified atom stereocenters. The molecule has 6 aromatic rings. The lowest BCUT2D eigenvalue weighted by Gasteiger charge is -2.43. The summed E-state index contributed by atoms with van der Waals surface area (Å²) in [6.07, 6.45) is -12.7. The number of esters is 6. The summed E-state index contributed by atoms with van der Waals surface area (Å²) >= 11 is 0. The maximum absolute atomic E-state index is 14.6. The topological polar surface area (TPSA) is 511 Å². The first kappa shape index (κ1) is 53.0. The number of carbonyl (C=O) groups is 6. The second-order valence-corrected chi connectivity index (χ2v) is 16.5. The van der Waals surface area contributed by atoms with Gasteiger partial charge in [-0.15, -0.1) is 0 Å². The number of phenolic OH excluding ortho intramolecular Hbond substituents is 17. The molecule has 1 saturated heterocycles. The highest BCUT2D eigenvalue weighted by molar-refractivity contribution is 6.08. The van der Waals surface area contributed by atoms with E-state index in [-0.39, 0.29) is 0 Å². The smallest absolute Gasteiger partial charge is 0.344 e. The van der Waals surface area contributed by atoms with Crippen molar-refractivity contribution in [1.29, 1.82) is 0 Å². The molecule has 8 rings (SSSR count). The van der Waals surface area contributed by atoms with Crippen molar-refractivity contribution in [1.82, 2.24) is 0 Å². The van der Waals surface area contributed by atoms with Crippen molar-refractivity contribution in [3.8, 4) is 115 Å². The maximum Gasteiger partial charge on any atom is 0.344 e. The fourth-order valence-corrected chi connectivity index (χ4v) is 7.74. The molecular formula is C48H34O30. The predicted octanol–water partition coefficient (Wildman–Crippen LogP) is 2.30. The van der Waals surface area contributed by atoms with Crippen LogP contribution in [0.4, 0.5) is 0 Å². The highest BCUT2D eigenvalue weighted by atomic mass is 16.7. The van der Waals surface area contributed by atoms with Crippen molar-refractivity contribution in [3.05, 3.63) is 94.0 Å². The third-order valence-corrected chi connectivity index (χ3v) is 11.5. The zero-order valence-electron chi connectivity index (χ0n) is 38.3. The van der Waals surface area contributed by atoms with E-state index in [1.165, 1.54) is 0 Å². The van der Waals surface area contributed by atoms with Crippen LogP contribution in [0, 0.1) is 0 Å². The Labute approximate surface area is 429 Å². The normalized spacial score (nSPS) is 17.8. The van der Waals surface area contributed by atoms with Gasteiger partial charge in [0.15, 0.2) is 98.5 Å². The molecular weight excluding hydrogens is 1060 g/mol. The molecule has 0 spiro atoms. The Bertz CT molecular complexity index is 3470. The molecule has 0 saturated carbocycles. The van der Waals surface area contributed by atoms with Crippen molar-refractivity contribution in [2.75, 3.05) is 6.61 Å². The zero-order chi connectivity index (χ0) is 57.1. The number of benzene rings is 6. The van der Waals surface area contributed by atoms with E-state index in [0.717, 1.165) is 0 Å². The summed E-state index contributed by atoms with van der Waals surface area (Å²) in [6, 6.07) is 4.98. The molecule has 0 amide bonds. The number of ether oxygens (including phenoxy) is 7. The fourth-order valence-electron chi connectivity index (χ4n) is 7.74. The minimum absolute atomic E-state index is 0.365. The SMILES string of the molecule is O=C(Oc1c(O)cc(C(=O)O[C@@H]2[C@@H](OC(=O)c3cc(O)c(O)c(O)c3)[C@H](OC(=O)c3cc(O)c(O)c(O)c3)O[C@@H]3COC(=O)c4cc(O)c(O)c(O)c4-c4c(cc(O)c(O)c4O)C(=O)O[C@@H]23)cc1O)c1cc(O)c(O)c(O)c1. The summed E-state index contributed by atoms with van der Waals surface area (Å²) in [5.41, 5.74) is -7.76. The first-order valence-electron chi connectivity index (χ1n) is 21.4. The van der Waals surface area contributed by atoms with Crippen LogP contribution in [0.3, 0.4) is 0 Å². The molecule has 1 fully saturated rings. The van der Waals surface area contributed by atoms with Crippen molar-refractivity contribution >= 4 is 35.8 Å². The average Bonchev–Trinajstić information content (AvgIpc) is 3.40. The standard InChI is InChI=1S/C48H34O30/c49-18-1-12(2-19(50)31(18)59)42(66)74-38-26(57)7-15(8-27(38)58)43(67)76-40-39-28(11-72-46(70)16-9-24(55)34(62)36(64)29(16)30-17(47(71)75-39)10-25(56)35(63)37(30)65)73-48(78-45(69)14-5-22(53)33(61)23(54)6-14)41(40)77-44(68)13-3-20(51)32(60)21(52)4-13/h1-10,28,39-41,48-65H,11H2/t28-,39-,40+,41-,48+/m1/s1. The molecule has 2 heterocycles. The van der Waals surface area contributed by atoms with Gasteiger partial charge in [-0.1, -0.05) is 0 Å². The Kier molecular flexibility index (Phi) is 13.5. The fraction of sp³-hybridized carbons (Fsp3) is 0.125. The molecule has 78 heavy (non-hydrogen) atoms. The average molecular weight is 1090 g/mol. The lowest BCUT2D eigenvalue weighted by molar-refractivity contribution is -0.282. The molecule has 0 aromatic heterocycles. The Morgan fingerprint density at radius 1 is 0.397 bits per heavy atom. The van der Waals surface area contributed by atoms with Gasteiger partial charge in [0.2, 0.25) is 29.6 Å². The third-order valence-electron chi connectivity index (χ3n) is 11.5. The van der Waals surface area contributed by atoms with Crippen LogP contribution < -0.4 is 4.74 Å². The molecule has 0 bridgehead atoms. The lowest BCUT2D eigenvalue weighted by atomic mass is 9.92. The summed E-state index contributed by atoms with van der Waals surface area (Å²) in [7, 11) is 0. The Balaban J connectivity index is 1.29. The van der Waals surface area contributed by atoms with Crippen LogP contribution in [0.5, 0.6) is 103 Å². The molecule has 406 valence electrons. The van der Waals surface area contributed by atoms with Crippen molar-refractivity contribution in [3.63, 3.8) is 0 Å². The van der Waals surface area contributed by atoms with Gasteiger partial charge in [-0.2, -0.15) is 0 Å². The molecule has 0 aliphatic carbocycles. The highest BCUT2D eigenvalue weighted by Crippen LogP contribution is 2.53. The molecule has 2 aliphatic rings. The van der Waals surface area contributed by atoms with Gasteiger partial charge in [0.05, 0.1) is 33.4 Å². The second-order valence-electron chi connectivity index (χ2n) is 16.5. The van der Waals surface area contributed by atoms with E-state index in [2.05, 4.69) is 0 Å². The minimum atomic E-state index is -2.66. The van der Waals surface area contributed by atoms with Gasteiger partial charge in [0.1, 0.15) is 12.7 Å². The quantitative estimate of drug-likeness (QED) is 0.0450. The summed E-state index contributed by atoms with van der Waals surface area (Å²) in [6.45, 7) is -1.33. The molecule has 5 atom stereocenters. The van der Waals surface area contributed by atoms with Gasteiger partial charge in [-0.25, -0.2) is 28.8 Å². The number of aromatic hydroxyl groups is 17. The van der Waals surface area contributed by atoms with E-state index < -0.39 is 221 Å². The molecule has 6 aromatic carbocycles. The van der Waals surface area contributed by atoms with Gasteiger partial charge in [0, 0.05) is 11.1 Å². The number of carbonyl (C=O) groups excluding carboxylic acids is 6. The maximum atomic E-state index is 14.6. The Morgan fingerprint density at radius 3 is 1.17 bits per heavy atom. The number of hydrogen-bond donors (Lipinski definition) is 17. The number of cyclic esters (lactones) is 1. The number of rotatable bonds is 8. The highest BCUT2D eigenvalue weighted by Gasteiger charge is 2.55. The molecule has 30 nitrogen and oxygen atoms in total. The zero-order valence-corrected chi connectivity index (χ0v) is 38.3. The van der Waals surface area contributed by atoms with Crippen molar-refractivity contribution < 1.29 is 149 Å². The van der Waals surface area contributed by atoms with Crippen LogP contribution in [0.15, 0.2) is 60.7 Å². The van der Waals surface area contributed by atoms with Crippen LogP contribution in [-0.2, 0) is 28.4 Å². The molecule has 30 heteroatoms. The van der Waals surface area contributed by atoms with Gasteiger partial charge >= 0.3 is 35.8 Å². The first-order chi connectivity index (χ1) is 36.7. The molecule has 17 N–H and O–H groups in total. The van der Waals surface area contributed by atoms with Crippen molar-refractivity contribution in [2.45, 2.75) is 30.7 Å². The van der Waals surface area contributed by atoms with Crippen molar-refractivity contribution in [2.24, 2.45) is 0 Å². The Morgan fingerprint density at radius 2 is 0.744 bits per heavy atom.